The van der Waals surface area contributed by atoms with Gasteiger partial charge in [0.15, 0.2) is 5.82 Å². The van der Waals surface area contributed by atoms with E-state index in [0.29, 0.717) is 0 Å². The number of H-pyrrole nitrogens is 1. The van der Waals surface area contributed by atoms with Crippen LogP contribution in [0.1, 0.15) is 30.3 Å². The lowest BCUT2D eigenvalue weighted by Gasteiger charge is -2.09. The number of aromatic nitrogens is 4. The summed E-state index contributed by atoms with van der Waals surface area (Å²) in [5, 5.41) is 12.4. The van der Waals surface area contributed by atoms with E-state index in [0.717, 1.165) is 30.3 Å². The maximum atomic E-state index is 4.26. The van der Waals surface area contributed by atoms with Crippen molar-refractivity contribution >= 4 is 11.3 Å². The molecule has 16 heavy (non-hydrogen) atoms. The summed E-state index contributed by atoms with van der Waals surface area (Å²) in [6.45, 7) is 4.87. The molecule has 1 unspecified atom stereocenters. The van der Waals surface area contributed by atoms with Crippen molar-refractivity contribution in [2.45, 2.75) is 26.3 Å². The van der Waals surface area contributed by atoms with Gasteiger partial charge in [-0.25, -0.2) is 9.97 Å². The monoisotopic (exact) mass is 237 g/mol. The van der Waals surface area contributed by atoms with Gasteiger partial charge in [0.1, 0.15) is 5.82 Å². The van der Waals surface area contributed by atoms with Crippen LogP contribution in [-0.4, -0.2) is 26.7 Å². The largest absolute Gasteiger partial charge is 0.308 e. The highest BCUT2D eigenvalue weighted by atomic mass is 32.1. The molecule has 2 aromatic heterocycles. The minimum atomic E-state index is 0.284. The van der Waals surface area contributed by atoms with E-state index in [2.05, 4.69) is 37.8 Å². The van der Waals surface area contributed by atoms with E-state index in [1.807, 2.05) is 12.4 Å². The van der Waals surface area contributed by atoms with Crippen molar-refractivity contribution in [2.24, 2.45) is 0 Å². The molecule has 5 nitrogen and oxygen atoms in total. The predicted molar refractivity (Wildman–Crippen MR) is 63.4 cm³/mol. The molecule has 0 aliphatic heterocycles. The summed E-state index contributed by atoms with van der Waals surface area (Å²) in [5.74, 6) is 1.72. The van der Waals surface area contributed by atoms with Crippen molar-refractivity contribution in [2.75, 3.05) is 6.54 Å². The number of nitrogens with one attached hydrogen (secondary N) is 2. The minimum absolute atomic E-state index is 0.284. The molecule has 0 radical (unpaired) electrons. The normalized spacial score (nSPS) is 12.9. The molecular weight excluding hydrogens is 222 g/mol. The Morgan fingerprint density at radius 1 is 1.56 bits per heavy atom. The second-order valence-corrected chi connectivity index (χ2v) is 4.39. The number of aryl methyl sites for hydroxylation is 1. The number of rotatable bonds is 5. The summed E-state index contributed by atoms with van der Waals surface area (Å²) in [6.07, 6.45) is 0.832. The highest BCUT2D eigenvalue weighted by molar-refractivity contribution is 7.07. The number of hydrogen-bond donors (Lipinski definition) is 2. The molecule has 0 aromatic carbocycles. The smallest absolute Gasteiger partial charge is 0.151 e. The Morgan fingerprint density at radius 2 is 2.44 bits per heavy atom. The molecular formula is C10H15N5S. The molecule has 6 heteroatoms. The van der Waals surface area contributed by atoms with E-state index < -0.39 is 0 Å². The van der Waals surface area contributed by atoms with Gasteiger partial charge in [-0.05, 0) is 13.8 Å². The summed E-state index contributed by atoms with van der Waals surface area (Å²) in [4.78, 5) is 8.51. The SMILES string of the molecule is Cc1nc(CCNC(C)c2cscn2)n[nH]1. The number of nitrogens with zero attached hydrogens (tertiary/aromatic N) is 3. The van der Waals surface area contributed by atoms with Gasteiger partial charge in [-0.1, -0.05) is 0 Å². The van der Waals surface area contributed by atoms with Crippen LogP contribution >= 0.6 is 11.3 Å². The van der Waals surface area contributed by atoms with E-state index >= 15 is 0 Å². The van der Waals surface area contributed by atoms with E-state index in [1.54, 1.807) is 11.3 Å². The summed E-state index contributed by atoms with van der Waals surface area (Å²) >= 11 is 1.62. The van der Waals surface area contributed by atoms with Gasteiger partial charge < -0.3 is 5.32 Å². The van der Waals surface area contributed by atoms with Crippen LogP contribution in [0.4, 0.5) is 0 Å². The molecule has 2 rings (SSSR count). The topological polar surface area (TPSA) is 66.5 Å². The van der Waals surface area contributed by atoms with Crippen LogP contribution in [0.2, 0.25) is 0 Å². The van der Waals surface area contributed by atoms with Gasteiger partial charge in [0.25, 0.3) is 0 Å². The zero-order chi connectivity index (χ0) is 11.4. The molecule has 0 aliphatic rings. The summed E-state index contributed by atoms with van der Waals surface area (Å²) in [7, 11) is 0. The Morgan fingerprint density at radius 3 is 3.06 bits per heavy atom. The third-order valence-corrected chi connectivity index (χ3v) is 2.94. The molecule has 0 saturated carbocycles. The van der Waals surface area contributed by atoms with Crippen LogP contribution in [0, 0.1) is 6.92 Å². The molecule has 0 saturated heterocycles. The average molecular weight is 237 g/mol. The highest BCUT2D eigenvalue weighted by Crippen LogP contribution is 2.11. The molecule has 2 heterocycles. The molecule has 1 atom stereocenters. The van der Waals surface area contributed by atoms with Gasteiger partial charge in [0, 0.05) is 24.4 Å². The van der Waals surface area contributed by atoms with E-state index in [9.17, 15) is 0 Å². The quantitative estimate of drug-likeness (QED) is 0.826. The fraction of sp³-hybridized carbons (Fsp3) is 0.500. The van der Waals surface area contributed by atoms with Crippen LogP contribution in [-0.2, 0) is 6.42 Å². The molecule has 0 amide bonds. The van der Waals surface area contributed by atoms with Crippen molar-refractivity contribution in [3.05, 3.63) is 28.2 Å². The predicted octanol–water partition coefficient (Wildman–Crippen LogP) is 1.46. The summed E-state index contributed by atoms with van der Waals surface area (Å²) in [6, 6.07) is 0.284. The van der Waals surface area contributed by atoms with Crippen LogP contribution in [0.15, 0.2) is 10.9 Å². The second kappa shape index (κ2) is 5.18. The van der Waals surface area contributed by atoms with Crippen LogP contribution in [0.25, 0.3) is 0 Å². The Hall–Kier alpha value is -1.27. The number of hydrogen-bond acceptors (Lipinski definition) is 5. The molecule has 2 aromatic rings. The zero-order valence-corrected chi connectivity index (χ0v) is 10.2. The first-order valence-corrected chi connectivity index (χ1v) is 6.19. The van der Waals surface area contributed by atoms with Crippen molar-refractivity contribution < 1.29 is 0 Å². The zero-order valence-electron chi connectivity index (χ0n) is 9.40. The summed E-state index contributed by atoms with van der Waals surface area (Å²) in [5.41, 5.74) is 2.95. The van der Waals surface area contributed by atoms with E-state index in [4.69, 9.17) is 0 Å². The van der Waals surface area contributed by atoms with Gasteiger partial charge >= 0.3 is 0 Å². The van der Waals surface area contributed by atoms with Crippen LogP contribution in [0.3, 0.4) is 0 Å². The Balaban J connectivity index is 1.76. The average Bonchev–Trinajstić information content (AvgIpc) is 2.89. The van der Waals surface area contributed by atoms with Gasteiger partial charge in [-0.15, -0.1) is 11.3 Å². The first kappa shape index (κ1) is 11.2. The molecule has 86 valence electrons. The third kappa shape index (κ3) is 2.86. The first-order valence-electron chi connectivity index (χ1n) is 5.25. The van der Waals surface area contributed by atoms with Gasteiger partial charge in [-0.2, -0.15) is 5.10 Å². The van der Waals surface area contributed by atoms with Crippen molar-refractivity contribution in [1.82, 2.24) is 25.5 Å². The first-order chi connectivity index (χ1) is 7.75. The van der Waals surface area contributed by atoms with Crippen molar-refractivity contribution in [1.29, 1.82) is 0 Å². The lowest BCUT2D eigenvalue weighted by Crippen LogP contribution is -2.21. The Bertz CT molecular complexity index is 422. The molecule has 2 N–H and O–H groups in total. The minimum Gasteiger partial charge on any atom is -0.308 e. The Labute approximate surface area is 98.3 Å². The van der Waals surface area contributed by atoms with Crippen LogP contribution in [0.5, 0.6) is 0 Å². The highest BCUT2D eigenvalue weighted by Gasteiger charge is 2.06. The lowest BCUT2D eigenvalue weighted by molar-refractivity contribution is 0.561. The van der Waals surface area contributed by atoms with Crippen molar-refractivity contribution in [3.63, 3.8) is 0 Å². The van der Waals surface area contributed by atoms with E-state index in [1.165, 1.54) is 0 Å². The maximum absolute atomic E-state index is 4.26. The molecule has 0 aliphatic carbocycles. The van der Waals surface area contributed by atoms with Gasteiger partial charge in [0.2, 0.25) is 0 Å². The van der Waals surface area contributed by atoms with Crippen LogP contribution < -0.4 is 5.32 Å². The fourth-order valence-electron chi connectivity index (χ4n) is 1.44. The number of thiazole rings is 1. The molecule has 0 spiro atoms. The molecule has 0 bridgehead atoms. The second-order valence-electron chi connectivity index (χ2n) is 3.68. The maximum Gasteiger partial charge on any atom is 0.151 e. The summed E-state index contributed by atoms with van der Waals surface area (Å²) < 4.78 is 0. The van der Waals surface area contributed by atoms with Crippen molar-refractivity contribution in [3.8, 4) is 0 Å². The number of aromatic amines is 1. The van der Waals surface area contributed by atoms with Gasteiger partial charge in [0.05, 0.1) is 11.2 Å². The van der Waals surface area contributed by atoms with Gasteiger partial charge in [-0.3, -0.25) is 5.10 Å². The third-order valence-electron chi connectivity index (χ3n) is 2.34. The molecule has 0 fully saturated rings. The van der Waals surface area contributed by atoms with E-state index in [-0.39, 0.29) is 6.04 Å². The lowest BCUT2D eigenvalue weighted by atomic mass is 10.2. The Kier molecular flexibility index (Phi) is 3.63. The standard InChI is InChI=1S/C10H15N5S/c1-7(9-5-16-6-12-9)11-4-3-10-13-8(2)14-15-10/h5-7,11H,3-4H2,1-2H3,(H,13,14,15). The fourth-order valence-corrected chi connectivity index (χ4v) is 2.09.